The molecule has 2 aliphatic heterocycles. The topological polar surface area (TPSA) is 175 Å². The number of methoxy groups -OCH3 is 1. The van der Waals surface area contributed by atoms with E-state index in [1.165, 1.54) is 4.90 Å². The number of hydrogen-bond acceptors (Lipinski definition) is 13. The van der Waals surface area contributed by atoms with Crippen molar-refractivity contribution in [3.8, 4) is 21.9 Å². The average Bonchev–Trinajstić information content (AvgIpc) is 4.18. The number of fused-ring (bicyclic) bond motifs is 1. The van der Waals surface area contributed by atoms with Gasteiger partial charge in [-0.3, -0.25) is 19.2 Å². The number of thiazole rings is 1. The lowest BCUT2D eigenvalue weighted by Gasteiger charge is -2.38. The van der Waals surface area contributed by atoms with Crippen LogP contribution < -0.4 is 29.9 Å². The van der Waals surface area contributed by atoms with E-state index in [-0.39, 0.29) is 63.1 Å². The van der Waals surface area contributed by atoms with E-state index in [4.69, 9.17) is 30.5 Å². The Hall–Kier alpha value is -6.08. The van der Waals surface area contributed by atoms with Gasteiger partial charge in [0.15, 0.2) is 11.5 Å². The monoisotopic (exact) mass is 1130 g/mol. The van der Waals surface area contributed by atoms with Gasteiger partial charge in [0, 0.05) is 62.1 Å². The molecule has 5 aromatic rings. The molecule has 1 aromatic heterocycles. The van der Waals surface area contributed by atoms with Gasteiger partial charge in [-0.1, -0.05) is 68.8 Å². The highest BCUT2D eigenvalue weighted by Gasteiger charge is 2.45. The molecule has 1 saturated heterocycles. The maximum absolute atomic E-state index is 14.1. The lowest BCUT2D eigenvalue weighted by atomic mass is 9.85. The summed E-state index contributed by atoms with van der Waals surface area (Å²) in [6.07, 6.45) is 3.85. The van der Waals surface area contributed by atoms with Crippen molar-refractivity contribution in [2.75, 3.05) is 77.1 Å². The molecular weight excluding hydrogens is 1050 g/mol. The van der Waals surface area contributed by atoms with Crippen molar-refractivity contribution in [3.63, 3.8) is 0 Å². The SMILES string of the molecule is COc1cc2c(cc1OC(C)C)C(c1ccc(Cl)cc1)N(c1ccc(N(C)CC3CCC(N(C)CCOCCOCC(=O)N[C@H](C(=O)N4C[C@H](O)C[C@H]4C(=O)NCc4ccc(-c5scnc5C)cc4)C(C)(C)C)CC3)cc1)C(=O)C2. The number of aryl methyl sites for hydroxylation is 1. The number of aromatic nitrogens is 1. The lowest BCUT2D eigenvalue weighted by Crippen LogP contribution is -2.58. The zero-order chi connectivity index (χ0) is 57.3. The van der Waals surface area contributed by atoms with E-state index >= 15 is 0 Å². The molecule has 3 aliphatic rings. The second kappa shape index (κ2) is 27.1. The minimum atomic E-state index is -0.955. The number of carbonyl (C=O) groups excluding carboxylic acids is 4. The van der Waals surface area contributed by atoms with Crippen LogP contribution in [0, 0.1) is 18.3 Å². The Labute approximate surface area is 481 Å². The quantitative estimate of drug-likeness (QED) is 0.0531. The standard InChI is InChI=1S/C62H80ClN7O9S/c1-39(2)79-54-33-51-45(30-53(54)76-9)31-56(73)70(57(51)43-16-18-46(63)19-17-43)49-24-22-48(23-25-49)68(8)35-42-12-20-47(21-13-42)67(7)26-27-77-28-29-78-37-55(72)66-59(62(4,5)6)61(75)69-36-50(71)32-52(69)60(74)64-34-41-10-14-44(15-11-41)58-40(3)65-38-80-58/h10-11,14-19,22-25,30,33,38-39,42,47,50,52,57,59,71H,12-13,20-21,26-29,31-32,34-37H2,1-9H3,(H,64,74)(H,66,72)/t42?,47?,50-,52+,57?,59-/m1/s1. The van der Waals surface area contributed by atoms with Gasteiger partial charge in [0.1, 0.15) is 18.7 Å². The molecule has 18 heteroatoms. The fraction of sp³-hybridized carbons (Fsp3) is 0.500. The summed E-state index contributed by atoms with van der Waals surface area (Å²) in [6.45, 7) is 14.2. The summed E-state index contributed by atoms with van der Waals surface area (Å²) in [5.41, 5.74) is 8.81. The molecule has 1 unspecified atom stereocenters. The summed E-state index contributed by atoms with van der Waals surface area (Å²) >= 11 is 7.92. The normalized spacial score (nSPS) is 19.7. The number of nitrogens with one attached hydrogen (secondary N) is 2. The van der Waals surface area contributed by atoms with E-state index in [9.17, 15) is 24.3 Å². The fourth-order valence-electron chi connectivity index (χ4n) is 11.2. The van der Waals surface area contributed by atoms with Crippen LogP contribution in [0.1, 0.15) is 101 Å². The second-order valence-corrected chi connectivity index (χ2v) is 24.2. The summed E-state index contributed by atoms with van der Waals surface area (Å²) in [6, 6.07) is 26.1. The number of hydrogen-bond donors (Lipinski definition) is 3. The van der Waals surface area contributed by atoms with Crippen molar-refractivity contribution in [2.45, 2.75) is 123 Å². The van der Waals surface area contributed by atoms with Crippen molar-refractivity contribution < 1.29 is 43.2 Å². The summed E-state index contributed by atoms with van der Waals surface area (Å²) in [7, 11) is 5.91. The number of halogens is 1. The summed E-state index contributed by atoms with van der Waals surface area (Å²) in [4.78, 5) is 68.3. The number of amides is 4. The summed E-state index contributed by atoms with van der Waals surface area (Å²) < 4.78 is 23.5. The number of likely N-dealkylation sites (tertiary alicyclic amines) is 1. The lowest BCUT2D eigenvalue weighted by molar-refractivity contribution is -0.144. The van der Waals surface area contributed by atoms with Crippen LogP contribution >= 0.6 is 22.9 Å². The van der Waals surface area contributed by atoms with Crippen LogP contribution in [0.5, 0.6) is 11.5 Å². The zero-order valence-corrected chi connectivity index (χ0v) is 49.4. The predicted molar refractivity (Wildman–Crippen MR) is 315 cm³/mol. The van der Waals surface area contributed by atoms with E-state index in [1.54, 1.807) is 18.4 Å². The third-order valence-corrected chi connectivity index (χ3v) is 16.8. The third kappa shape index (κ3) is 15.1. The first-order chi connectivity index (χ1) is 38.3. The number of carbonyl (C=O) groups is 4. The highest BCUT2D eigenvalue weighted by molar-refractivity contribution is 7.13. The maximum Gasteiger partial charge on any atom is 0.246 e. The zero-order valence-electron chi connectivity index (χ0n) is 47.8. The predicted octanol–water partition coefficient (Wildman–Crippen LogP) is 9.02. The van der Waals surface area contributed by atoms with Crippen LogP contribution in [-0.2, 0) is 41.6 Å². The summed E-state index contributed by atoms with van der Waals surface area (Å²) in [5.74, 6) is 0.557. The molecule has 0 radical (unpaired) electrons. The first-order valence-electron chi connectivity index (χ1n) is 27.9. The number of ether oxygens (including phenoxy) is 4. The van der Waals surface area contributed by atoms with Crippen molar-refractivity contribution in [2.24, 2.45) is 11.3 Å². The van der Waals surface area contributed by atoms with Crippen LogP contribution in [0.2, 0.25) is 5.02 Å². The number of aliphatic hydroxyl groups is 1. The molecular formula is C62H80ClN7O9S. The van der Waals surface area contributed by atoms with Crippen molar-refractivity contribution >= 4 is 57.9 Å². The molecule has 3 N–H and O–H groups in total. The minimum absolute atomic E-state index is 0.00189. The Balaban J connectivity index is 0.740. The number of β-amino-alcohol motifs (C(OH)–C–C–N with tert-alkyl or cyclic N) is 1. The van der Waals surface area contributed by atoms with E-state index in [0.717, 1.165) is 88.5 Å². The van der Waals surface area contributed by atoms with Gasteiger partial charge in [-0.15, -0.1) is 11.3 Å². The maximum atomic E-state index is 14.1. The molecule has 16 nitrogen and oxygen atoms in total. The first kappa shape index (κ1) is 60.0. The third-order valence-electron chi connectivity index (χ3n) is 15.6. The first-order valence-corrected chi connectivity index (χ1v) is 29.2. The van der Waals surface area contributed by atoms with E-state index in [1.807, 2.05) is 125 Å². The molecule has 80 heavy (non-hydrogen) atoms. The van der Waals surface area contributed by atoms with Gasteiger partial charge in [-0.25, -0.2) is 4.98 Å². The summed E-state index contributed by atoms with van der Waals surface area (Å²) in [5, 5.41) is 17.1. The highest BCUT2D eigenvalue weighted by Crippen LogP contribution is 2.44. The van der Waals surface area contributed by atoms with Crippen LogP contribution in [0.25, 0.3) is 10.4 Å². The minimum Gasteiger partial charge on any atom is -0.493 e. The van der Waals surface area contributed by atoms with Gasteiger partial charge in [0.25, 0.3) is 0 Å². The Kier molecular flexibility index (Phi) is 20.4. The van der Waals surface area contributed by atoms with Gasteiger partial charge < -0.3 is 54.3 Å². The van der Waals surface area contributed by atoms with Crippen molar-refractivity contribution in [1.29, 1.82) is 0 Å². The van der Waals surface area contributed by atoms with Gasteiger partial charge in [-0.05, 0) is 141 Å². The van der Waals surface area contributed by atoms with Crippen LogP contribution in [-0.4, -0.2) is 141 Å². The largest absolute Gasteiger partial charge is 0.493 e. The molecule has 1 aliphatic carbocycles. The van der Waals surface area contributed by atoms with Crippen LogP contribution in [0.4, 0.5) is 11.4 Å². The Morgan fingerprint density at radius 1 is 0.912 bits per heavy atom. The number of benzene rings is 4. The molecule has 430 valence electrons. The van der Waals surface area contributed by atoms with Crippen LogP contribution in [0.15, 0.2) is 90.4 Å². The molecule has 0 bridgehead atoms. The number of likely N-dealkylation sites (N-methyl/N-ethyl adjacent to an activating group) is 1. The average molecular weight is 1130 g/mol. The molecule has 1 saturated carbocycles. The molecule has 3 heterocycles. The van der Waals surface area contributed by atoms with Gasteiger partial charge in [0.2, 0.25) is 23.6 Å². The van der Waals surface area contributed by atoms with Gasteiger partial charge >= 0.3 is 0 Å². The van der Waals surface area contributed by atoms with Crippen molar-refractivity contribution in [1.82, 2.24) is 25.4 Å². The van der Waals surface area contributed by atoms with Gasteiger partial charge in [-0.2, -0.15) is 0 Å². The molecule has 4 atom stereocenters. The van der Waals surface area contributed by atoms with Crippen molar-refractivity contribution in [3.05, 3.63) is 123 Å². The number of anilines is 2. The van der Waals surface area contributed by atoms with E-state index < -0.39 is 35.4 Å². The van der Waals surface area contributed by atoms with E-state index in [0.29, 0.717) is 41.7 Å². The van der Waals surface area contributed by atoms with E-state index in [2.05, 4.69) is 51.6 Å². The Morgan fingerprint density at radius 2 is 1.61 bits per heavy atom. The Bertz CT molecular complexity index is 2890. The molecule has 2 fully saturated rings. The molecule has 4 amide bonds. The molecule has 0 spiro atoms. The number of rotatable bonds is 23. The van der Waals surface area contributed by atoms with Gasteiger partial charge in [0.05, 0.1) is 67.7 Å². The van der Waals surface area contributed by atoms with Crippen LogP contribution in [0.3, 0.4) is 0 Å². The molecule has 8 rings (SSSR count). The molecule has 4 aromatic carbocycles. The number of aliphatic hydroxyl groups excluding tert-OH is 1. The fourth-order valence-corrected chi connectivity index (χ4v) is 12.2. The second-order valence-electron chi connectivity index (χ2n) is 22.9. The number of nitrogens with zero attached hydrogens (tertiary/aromatic N) is 5. The highest BCUT2D eigenvalue weighted by atomic mass is 35.5. The Morgan fingerprint density at radius 3 is 2.26 bits per heavy atom. The smallest absolute Gasteiger partial charge is 0.246 e.